The molecule has 0 aromatic heterocycles. The second-order valence-corrected chi connectivity index (χ2v) is 4.16. The van der Waals surface area contributed by atoms with E-state index in [2.05, 4.69) is 6.92 Å². The van der Waals surface area contributed by atoms with Crippen molar-refractivity contribution in [2.75, 3.05) is 0 Å². The molecule has 0 unspecified atom stereocenters. The van der Waals surface area contributed by atoms with E-state index >= 15 is 0 Å². The molecule has 0 aromatic carbocycles. The van der Waals surface area contributed by atoms with Crippen molar-refractivity contribution in [2.45, 2.75) is 65.2 Å². The van der Waals surface area contributed by atoms with E-state index < -0.39 is 0 Å². The second kappa shape index (κ2) is 9.75. The van der Waals surface area contributed by atoms with Gasteiger partial charge in [-0.25, -0.2) is 0 Å². The number of rotatable bonds is 9. The molecule has 0 aliphatic rings. The lowest BCUT2D eigenvalue weighted by Gasteiger charge is -1.99. The van der Waals surface area contributed by atoms with Gasteiger partial charge in [0.25, 0.3) is 0 Å². The molecule has 0 aliphatic heterocycles. The third-order valence-electron chi connectivity index (χ3n) is 2.65. The van der Waals surface area contributed by atoms with Crippen molar-refractivity contribution in [1.82, 2.24) is 0 Å². The summed E-state index contributed by atoms with van der Waals surface area (Å²) in [4.78, 5) is 10.7. The summed E-state index contributed by atoms with van der Waals surface area (Å²) in [6.07, 6.45) is 12.1. The normalized spacial score (nSPS) is 11.7. The van der Waals surface area contributed by atoms with E-state index in [9.17, 15) is 4.79 Å². The molecule has 0 saturated heterocycles. The molecule has 2 heteroatoms. The molecule has 0 saturated carbocycles. The van der Waals surface area contributed by atoms with Crippen LogP contribution in [0.15, 0.2) is 11.6 Å². The van der Waals surface area contributed by atoms with Gasteiger partial charge in [0, 0.05) is 5.57 Å². The summed E-state index contributed by atoms with van der Waals surface area (Å²) >= 11 is 0. The topological polar surface area (TPSA) is 43.1 Å². The highest BCUT2D eigenvalue weighted by Crippen LogP contribution is 2.09. The van der Waals surface area contributed by atoms with Crippen LogP contribution >= 0.6 is 0 Å². The van der Waals surface area contributed by atoms with Gasteiger partial charge in [0.15, 0.2) is 0 Å². The molecule has 0 spiro atoms. The Morgan fingerprint density at radius 3 is 2.13 bits per heavy atom. The van der Waals surface area contributed by atoms with Crippen LogP contribution in [0.25, 0.3) is 0 Å². The van der Waals surface area contributed by atoms with Crippen LogP contribution in [0.5, 0.6) is 0 Å². The van der Waals surface area contributed by atoms with E-state index in [-0.39, 0.29) is 5.91 Å². The minimum Gasteiger partial charge on any atom is -0.366 e. The fraction of sp³-hybridized carbons (Fsp3) is 0.769. The molecule has 1 amide bonds. The SMILES string of the molecule is CCCCCCCCC/C=C(\C)C(N)=O. The summed E-state index contributed by atoms with van der Waals surface area (Å²) in [5.41, 5.74) is 5.82. The van der Waals surface area contributed by atoms with Crippen molar-refractivity contribution in [1.29, 1.82) is 0 Å². The van der Waals surface area contributed by atoms with Crippen LogP contribution in [0.1, 0.15) is 65.2 Å². The van der Waals surface area contributed by atoms with Crippen LogP contribution in [0.2, 0.25) is 0 Å². The maximum absolute atomic E-state index is 10.7. The number of unbranched alkanes of at least 4 members (excludes halogenated alkanes) is 7. The predicted octanol–water partition coefficient (Wildman–Crippen LogP) is 3.56. The first-order valence-electron chi connectivity index (χ1n) is 6.15. The second-order valence-electron chi connectivity index (χ2n) is 4.16. The fourth-order valence-corrected chi connectivity index (χ4v) is 1.52. The highest BCUT2D eigenvalue weighted by Gasteiger charge is 1.95. The zero-order chi connectivity index (χ0) is 11.5. The largest absolute Gasteiger partial charge is 0.366 e. The van der Waals surface area contributed by atoms with E-state index in [1.165, 1.54) is 44.9 Å². The van der Waals surface area contributed by atoms with Gasteiger partial charge >= 0.3 is 0 Å². The monoisotopic (exact) mass is 211 g/mol. The van der Waals surface area contributed by atoms with Gasteiger partial charge in [-0.05, 0) is 19.8 Å². The number of nitrogens with two attached hydrogens (primary N) is 1. The first-order valence-corrected chi connectivity index (χ1v) is 6.15. The molecule has 15 heavy (non-hydrogen) atoms. The molecule has 2 N–H and O–H groups in total. The van der Waals surface area contributed by atoms with Gasteiger partial charge in [0.1, 0.15) is 0 Å². The van der Waals surface area contributed by atoms with Gasteiger partial charge in [0.05, 0.1) is 0 Å². The lowest BCUT2D eigenvalue weighted by atomic mass is 10.1. The van der Waals surface area contributed by atoms with Gasteiger partial charge in [-0.1, -0.05) is 51.5 Å². The quantitative estimate of drug-likeness (QED) is 0.460. The van der Waals surface area contributed by atoms with Gasteiger partial charge in [-0.15, -0.1) is 0 Å². The van der Waals surface area contributed by atoms with E-state index in [1.54, 1.807) is 6.92 Å². The maximum Gasteiger partial charge on any atom is 0.244 e. The summed E-state index contributed by atoms with van der Waals surface area (Å²) in [5, 5.41) is 0. The number of primary amides is 1. The summed E-state index contributed by atoms with van der Waals surface area (Å²) in [7, 11) is 0. The van der Waals surface area contributed by atoms with Crippen molar-refractivity contribution in [3.8, 4) is 0 Å². The summed E-state index contributed by atoms with van der Waals surface area (Å²) in [6, 6.07) is 0. The third-order valence-corrected chi connectivity index (χ3v) is 2.65. The molecule has 0 aromatic rings. The Kier molecular flexibility index (Phi) is 9.24. The van der Waals surface area contributed by atoms with E-state index in [4.69, 9.17) is 5.73 Å². The Morgan fingerprint density at radius 2 is 1.60 bits per heavy atom. The van der Waals surface area contributed by atoms with Crippen LogP contribution in [-0.4, -0.2) is 5.91 Å². The predicted molar refractivity (Wildman–Crippen MR) is 65.6 cm³/mol. The lowest BCUT2D eigenvalue weighted by molar-refractivity contribution is -0.114. The third kappa shape index (κ3) is 9.51. The van der Waals surface area contributed by atoms with E-state index in [0.29, 0.717) is 5.57 Å². The highest BCUT2D eigenvalue weighted by atomic mass is 16.1. The standard InChI is InChI=1S/C13H25NO/c1-3-4-5-6-7-8-9-10-11-12(2)13(14)15/h11H,3-10H2,1-2H3,(H2,14,15)/b12-11+. The molecule has 0 rings (SSSR count). The van der Waals surface area contributed by atoms with Crippen molar-refractivity contribution in [2.24, 2.45) is 5.73 Å². The summed E-state index contributed by atoms with van der Waals surface area (Å²) < 4.78 is 0. The molecule has 0 radical (unpaired) electrons. The first-order chi connectivity index (χ1) is 7.18. The molecular formula is C13H25NO. The maximum atomic E-state index is 10.7. The number of allylic oxidation sites excluding steroid dienone is 1. The zero-order valence-electron chi connectivity index (χ0n) is 10.2. The van der Waals surface area contributed by atoms with Crippen LogP contribution in [0.3, 0.4) is 0 Å². The lowest BCUT2D eigenvalue weighted by Crippen LogP contribution is -2.11. The zero-order valence-corrected chi connectivity index (χ0v) is 10.2. The Balaban J connectivity index is 3.25. The average Bonchev–Trinajstić information content (AvgIpc) is 2.21. The highest BCUT2D eigenvalue weighted by molar-refractivity contribution is 5.91. The van der Waals surface area contributed by atoms with Crippen molar-refractivity contribution >= 4 is 5.91 Å². The molecule has 0 fully saturated rings. The van der Waals surface area contributed by atoms with Gasteiger partial charge in [-0.3, -0.25) is 4.79 Å². The number of carbonyl (C=O) groups excluding carboxylic acids is 1. The van der Waals surface area contributed by atoms with Crippen LogP contribution in [0.4, 0.5) is 0 Å². The molecular weight excluding hydrogens is 186 g/mol. The van der Waals surface area contributed by atoms with Crippen molar-refractivity contribution in [3.05, 3.63) is 11.6 Å². The number of hydrogen-bond donors (Lipinski definition) is 1. The van der Waals surface area contributed by atoms with Crippen LogP contribution < -0.4 is 5.73 Å². The average molecular weight is 211 g/mol. The molecule has 2 nitrogen and oxygen atoms in total. The molecule has 0 bridgehead atoms. The fourth-order valence-electron chi connectivity index (χ4n) is 1.52. The number of carbonyl (C=O) groups is 1. The Bertz CT molecular complexity index is 197. The first kappa shape index (κ1) is 14.2. The summed E-state index contributed by atoms with van der Waals surface area (Å²) in [5.74, 6) is -0.294. The van der Waals surface area contributed by atoms with E-state index in [1.807, 2.05) is 6.08 Å². The van der Waals surface area contributed by atoms with Gasteiger partial charge in [0.2, 0.25) is 5.91 Å². The number of hydrogen-bond acceptors (Lipinski definition) is 1. The Hall–Kier alpha value is -0.790. The Labute approximate surface area is 93.9 Å². The summed E-state index contributed by atoms with van der Waals surface area (Å²) in [6.45, 7) is 4.01. The van der Waals surface area contributed by atoms with Crippen molar-refractivity contribution < 1.29 is 4.79 Å². The molecule has 0 aliphatic carbocycles. The van der Waals surface area contributed by atoms with Crippen molar-refractivity contribution in [3.63, 3.8) is 0 Å². The molecule has 0 atom stereocenters. The minimum atomic E-state index is -0.294. The van der Waals surface area contributed by atoms with Gasteiger partial charge in [-0.2, -0.15) is 0 Å². The number of amides is 1. The Morgan fingerprint density at radius 1 is 1.07 bits per heavy atom. The van der Waals surface area contributed by atoms with Crippen LogP contribution in [0, 0.1) is 0 Å². The van der Waals surface area contributed by atoms with Gasteiger partial charge < -0.3 is 5.73 Å². The minimum absolute atomic E-state index is 0.294. The van der Waals surface area contributed by atoms with Crippen LogP contribution in [-0.2, 0) is 4.79 Å². The van der Waals surface area contributed by atoms with E-state index in [0.717, 1.165) is 6.42 Å². The molecule has 88 valence electrons. The molecule has 0 heterocycles. The smallest absolute Gasteiger partial charge is 0.244 e.